The SMILES string of the molecule is COc1ccc(-c2nc(C(=O)N3CCCN(C)c4nc5ccccc5nc43)cs2)cc1. The number of nitrogens with zero attached hydrogens (tertiary/aromatic N) is 5. The van der Waals surface area contributed by atoms with Crippen molar-refractivity contribution in [3.8, 4) is 16.3 Å². The normalized spacial score (nSPS) is 13.7. The molecule has 0 fully saturated rings. The maximum Gasteiger partial charge on any atom is 0.279 e. The molecule has 0 bridgehead atoms. The van der Waals surface area contributed by atoms with Gasteiger partial charge in [0.1, 0.15) is 16.5 Å². The molecule has 8 heteroatoms. The molecule has 0 unspecified atom stereocenters. The lowest BCUT2D eigenvalue weighted by atomic mass is 10.2. The summed E-state index contributed by atoms with van der Waals surface area (Å²) in [5, 5.41) is 2.60. The molecule has 0 aliphatic carbocycles. The van der Waals surface area contributed by atoms with E-state index in [-0.39, 0.29) is 5.91 Å². The van der Waals surface area contributed by atoms with Crippen molar-refractivity contribution in [3.63, 3.8) is 0 Å². The number of aromatic nitrogens is 3. The molecule has 0 N–H and O–H groups in total. The summed E-state index contributed by atoms with van der Waals surface area (Å²) in [7, 11) is 3.62. The van der Waals surface area contributed by atoms with Gasteiger partial charge in [-0.1, -0.05) is 12.1 Å². The third kappa shape index (κ3) is 3.59. The summed E-state index contributed by atoms with van der Waals surface area (Å²) in [6, 6.07) is 15.4. The summed E-state index contributed by atoms with van der Waals surface area (Å²) in [6.07, 6.45) is 0.825. The minimum atomic E-state index is -0.155. The Balaban J connectivity index is 1.51. The first-order valence-corrected chi connectivity index (χ1v) is 10.9. The minimum absolute atomic E-state index is 0.155. The van der Waals surface area contributed by atoms with Crippen LogP contribution in [0.25, 0.3) is 21.6 Å². The molecule has 3 heterocycles. The van der Waals surface area contributed by atoms with Gasteiger partial charge in [-0.05, 0) is 42.8 Å². The number of hydrogen-bond donors (Lipinski definition) is 0. The van der Waals surface area contributed by atoms with E-state index < -0.39 is 0 Å². The van der Waals surface area contributed by atoms with E-state index in [1.165, 1.54) is 11.3 Å². The molecule has 0 saturated heterocycles. The van der Waals surface area contributed by atoms with Gasteiger partial charge >= 0.3 is 0 Å². The highest BCUT2D eigenvalue weighted by Crippen LogP contribution is 2.32. The molecule has 7 nitrogen and oxygen atoms in total. The molecule has 4 aromatic rings. The molecular formula is C23H21N5O2S. The molecule has 0 radical (unpaired) electrons. The number of amides is 1. The lowest BCUT2D eigenvalue weighted by Gasteiger charge is -2.22. The van der Waals surface area contributed by atoms with Crippen molar-refractivity contribution in [2.24, 2.45) is 0 Å². The van der Waals surface area contributed by atoms with E-state index in [0.29, 0.717) is 18.1 Å². The lowest BCUT2D eigenvalue weighted by molar-refractivity contribution is 0.0982. The first kappa shape index (κ1) is 19.4. The Morgan fingerprint density at radius 1 is 0.968 bits per heavy atom. The molecule has 2 aromatic carbocycles. The topological polar surface area (TPSA) is 71.5 Å². The van der Waals surface area contributed by atoms with Crippen LogP contribution in [0.1, 0.15) is 16.9 Å². The number of para-hydroxylation sites is 2. The summed E-state index contributed by atoms with van der Waals surface area (Å²) < 4.78 is 5.22. The van der Waals surface area contributed by atoms with Crippen LogP contribution in [0.4, 0.5) is 11.6 Å². The van der Waals surface area contributed by atoms with Crippen LogP contribution in [-0.4, -0.2) is 48.1 Å². The van der Waals surface area contributed by atoms with E-state index in [0.717, 1.165) is 46.1 Å². The number of benzene rings is 2. The van der Waals surface area contributed by atoms with Gasteiger partial charge in [0, 0.05) is 31.1 Å². The Kier molecular flexibility index (Phi) is 4.99. The van der Waals surface area contributed by atoms with Crippen LogP contribution in [0.5, 0.6) is 5.75 Å². The molecule has 0 spiro atoms. The number of methoxy groups -OCH3 is 1. The summed E-state index contributed by atoms with van der Waals surface area (Å²) in [6.45, 7) is 1.37. The zero-order chi connectivity index (χ0) is 21.4. The van der Waals surface area contributed by atoms with Gasteiger partial charge in [-0.15, -0.1) is 11.3 Å². The van der Waals surface area contributed by atoms with E-state index in [4.69, 9.17) is 14.7 Å². The smallest absolute Gasteiger partial charge is 0.279 e. The molecule has 1 aliphatic rings. The molecule has 0 atom stereocenters. The van der Waals surface area contributed by atoms with E-state index in [9.17, 15) is 4.79 Å². The van der Waals surface area contributed by atoms with Gasteiger partial charge in [-0.2, -0.15) is 0 Å². The highest BCUT2D eigenvalue weighted by Gasteiger charge is 2.29. The number of anilines is 2. The molecule has 1 aliphatic heterocycles. The maximum atomic E-state index is 13.5. The second kappa shape index (κ2) is 7.96. The number of thiazole rings is 1. The van der Waals surface area contributed by atoms with Gasteiger partial charge in [-0.3, -0.25) is 9.69 Å². The molecule has 1 amide bonds. The van der Waals surface area contributed by atoms with Gasteiger partial charge in [0.05, 0.1) is 18.1 Å². The third-order valence-electron chi connectivity index (χ3n) is 5.33. The fraction of sp³-hybridized carbons (Fsp3) is 0.217. The molecule has 31 heavy (non-hydrogen) atoms. The fourth-order valence-electron chi connectivity index (χ4n) is 3.67. The highest BCUT2D eigenvalue weighted by atomic mass is 32.1. The second-order valence-electron chi connectivity index (χ2n) is 7.36. The van der Waals surface area contributed by atoms with Crippen molar-refractivity contribution in [2.75, 3.05) is 37.0 Å². The monoisotopic (exact) mass is 431 g/mol. The zero-order valence-corrected chi connectivity index (χ0v) is 18.1. The summed E-state index contributed by atoms with van der Waals surface area (Å²) in [5.74, 6) is 1.93. The van der Waals surface area contributed by atoms with Crippen LogP contribution in [0.15, 0.2) is 53.9 Å². The van der Waals surface area contributed by atoms with E-state index in [1.54, 1.807) is 12.0 Å². The summed E-state index contributed by atoms with van der Waals surface area (Å²) >= 11 is 1.45. The van der Waals surface area contributed by atoms with Crippen LogP contribution < -0.4 is 14.5 Å². The number of fused-ring (bicyclic) bond motifs is 2. The van der Waals surface area contributed by atoms with E-state index in [1.807, 2.05) is 61.0 Å². The van der Waals surface area contributed by atoms with Gasteiger partial charge in [-0.25, -0.2) is 15.0 Å². The minimum Gasteiger partial charge on any atom is -0.497 e. The van der Waals surface area contributed by atoms with Crippen molar-refractivity contribution >= 4 is 39.9 Å². The Morgan fingerprint density at radius 3 is 2.39 bits per heavy atom. The highest BCUT2D eigenvalue weighted by molar-refractivity contribution is 7.13. The van der Waals surface area contributed by atoms with Crippen LogP contribution in [0, 0.1) is 0 Å². The van der Waals surface area contributed by atoms with E-state index in [2.05, 4.69) is 9.88 Å². The van der Waals surface area contributed by atoms with Gasteiger partial charge in [0.15, 0.2) is 11.6 Å². The Morgan fingerprint density at radius 2 is 1.68 bits per heavy atom. The van der Waals surface area contributed by atoms with E-state index >= 15 is 0 Å². The summed E-state index contributed by atoms with van der Waals surface area (Å²) in [4.78, 5) is 31.5. The largest absolute Gasteiger partial charge is 0.497 e. The maximum absolute atomic E-state index is 13.5. The molecule has 5 rings (SSSR count). The number of carbonyl (C=O) groups excluding carboxylic acids is 1. The Bertz CT molecular complexity index is 1250. The van der Waals surface area contributed by atoms with Crippen LogP contribution in [-0.2, 0) is 0 Å². The number of rotatable bonds is 3. The standard InChI is InChI=1S/C23H21N5O2S/c1-27-12-5-13-28(21-20(27)24-17-6-3-4-7-18(17)25-21)23(29)19-14-31-22(26-19)15-8-10-16(30-2)11-9-15/h3-4,6-11,14H,5,12-13H2,1-2H3. The average molecular weight is 432 g/mol. The average Bonchev–Trinajstić information content (AvgIpc) is 3.25. The number of carbonyl (C=O) groups is 1. The molecule has 156 valence electrons. The number of ether oxygens (including phenoxy) is 1. The Hall–Kier alpha value is -3.52. The Labute approximate surface area is 184 Å². The molecular weight excluding hydrogens is 410 g/mol. The van der Waals surface area contributed by atoms with Crippen molar-refractivity contribution in [1.29, 1.82) is 0 Å². The second-order valence-corrected chi connectivity index (χ2v) is 8.22. The quantitative estimate of drug-likeness (QED) is 0.483. The predicted octanol–water partition coefficient (Wildman–Crippen LogP) is 4.25. The lowest BCUT2D eigenvalue weighted by Crippen LogP contribution is -2.32. The van der Waals surface area contributed by atoms with Crippen molar-refractivity contribution in [3.05, 3.63) is 59.6 Å². The fourth-order valence-corrected chi connectivity index (χ4v) is 4.47. The molecule has 0 saturated carbocycles. The van der Waals surface area contributed by atoms with Crippen LogP contribution >= 0.6 is 11.3 Å². The van der Waals surface area contributed by atoms with Crippen LogP contribution in [0.3, 0.4) is 0 Å². The van der Waals surface area contributed by atoms with Crippen molar-refractivity contribution < 1.29 is 9.53 Å². The van der Waals surface area contributed by atoms with Crippen molar-refractivity contribution in [1.82, 2.24) is 15.0 Å². The van der Waals surface area contributed by atoms with Crippen molar-refractivity contribution in [2.45, 2.75) is 6.42 Å². The first-order chi connectivity index (χ1) is 15.1. The number of hydrogen-bond acceptors (Lipinski definition) is 7. The van der Waals surface area contributed by atoms with Gasteiger partial charge in [0.2, 0.25) is 0 Å². The van der Waals surface area contributed by atoms with Crippen LogP contribution in [0.2, 0.25) is 0 Å². The third-order valence-corrected chi connectivity index (χ3v) is 6.22. The zero-order valence-electron chi connectivity index (χ0n) is 17.3. The summed E-state index contributed by atoms with van der Waals surface area (Å²) in [5.41, 5.74) is 2.96. The molecule has 2 aromatic heterocycles. The first-order valence-electron chi connectivity index (χ1n) is 10.0. The van der Waals surface area contributed by atoms with Gasteiger partial charge in [0.25, 0.3) is 5.91 Å². The van der Waals surface area contributed by atoms with Gasteiger partial charge < -0.3 is 9.64 Å². The predicted molar refractivity (Wildman–Crippen MR) is 123 cm³/mol.